The first kappa shape index (κ1) is 20.5. The predicted octanol–water partition coefficient (Wildman–Crippen LogP) is 3.30. The van der Waals surface area contributed by atoms with Crippen LogP contribution in [-0.2, 0) is 13.0 Å². The molecule has 5 rings (SSSR count). The van der Waals surface area contributed by atoms with Gasteiger partial charge < -0.3 is 15.7 Å². The van der Waals surface area contributed by atoms with Gasteiger partial charge >= 0.3 is 0 Å². The molecular weight excluding hydrogens is 402 g/mol. The fourth-order valence-electron chi connectivity index (χ4n) is 4.86. The number of carbonyl (C=O) groups is 1. The highest BCUT2D eigenvalue weighted by molar-refractivity contribution is 6.04. The average Bonchev–Trinajstić information content (AvgIpc) is 3.19. The Balaban J connectivity index is 1.69. The topological polar surface area (TPSA) is 92.1 Å². The van der Waals surface area contributed by atoms with Gasteiger partial charge in [0, 0.05) is 23.4 Å². The largest absolute Gasteiger partial charge is 0.394 e. The Kier molecular flexibility index (Phi) is 5.49. The molecule has 1 amide bonds. The molecule has 0 spiro atoms. The average molecular weight is 430 g/mol. The van der Waals surface area contributed by atoms with Crippen LogP contribution in [-0.4, -0.2) is 38.9 Å². The van der Waals surface area contributed by atoms with Crippen molar-refractivity contribution in [2.24, 2.45) is 0 Å². The predicted molar refractivity (Wildman–Crippen MR) is 123 cm³/mol. The molecule has 2 aliphatic heterocycles. The van der Waals surface area contributed by atoms with Crippen LogP contribution in [0.25, 0.3) is 5.57 Å². The fraction of sp³-hybridized carbons (Fsp3) is 0.320. The van der Waals surface area contributed by atoms with Crippen molar-refractivity contribution in [2.75, 3.05) is 18.5 Å². The van der Waals surface area contributed by atoms with Crippen molar-refractivity contribution in [2.45, 2.75) is 38.3 Å². The molecular formula is C25H27N5O2. The highest BCUT2D eigenvalue weighted by atomic mass is 16.3. The second kappa shape index (κ2) is 8.59. The third-order valence-electron chi connectivity index (χ3n) is 6.27. The summed E-state index contributed by atoms with van der Waals surface area (Å²) in [6, 6.07) is 14.5. The Bertz CT molecular complexity index is 1170. The Morgan fingerprint density at radius 1 is 1.19 bits per heavy atom. The number of aromatic nitrogens is 3. The number of amides is 1. The van der Waals surface area contributed by atoms with E-state index in [1.165, 1.54) is 11.9 Å². The van der Waals surface area contributed by atoms with E-state index in [4.69, 9.17) is 0 Å². The summed E-state index contributed by atoms with van der Waals surface area (Å²) in [4.78, 5) is 17.3. The minimum absolute atomic E-state index is 0.0200. The lowest BCUT2D eigenvalue weighted by Gasteiger charge is -2.37. The van der Waals surface area contributed by atoms with Gasteiger partial charge in [-0.2, -0.15) is 5.10 Å². The maximum absolute atomic E-state index is 12.7. The molecule has 0 aliphatic carbocycles. The summed E-state index contributed by atoms with van der Waals surface area (Å²) in [6.07, 6.45) is 5.79. The van der Waals surface area contributed by atoms with Crippen molar-refractivity contribution in [3.05, 3.63) is 82.9 Å². The molecule has 0 radical (unpaired) electrons. The molecule has 3 N–H and O–H groups in total. The van der Waals surface area contributed by atoms with Crippen molar-refractivity contribution < 1.29 is 9.90 Å². The van der Waals surface area contributed by atoms with E-state index in [1.54, 1.807) is 4.68 Å². The summed E-state index contributed by atoms with van der Waals surface area (Å²) in [5, 5.41) is 20.6. The van der Waals surface area contributed by atoms with E-state index in [1.807, 2.05) is 18.2 Å². The number of nitrogens with one attached hydrogen (secondary N) is 2. The van der Waals surface area contributed by atoms with Crippen molar-refractivity contribution in [3.63, 3.8) is 0 Å². The molecule has 164 valence electrons. The van der Waals surface area contributed by atoms with E-state index >= 15 is 0 Å². The zero-order valence-electron chi connectivity index (χ0n) is 18.1. The van der Waals surface area contributed by atoms with Gasteiger partial charge in [-0.1, -0.05) is 49.8 Å². The molecule has 0 saturated heterocycles. The molecule has 1 aromatic heterocycles. The second-order valence-electron chi connectivity index (χ2n) is 8.25. The monoisotopic (exact) mass is 429 g/mol. The molecule has 0 saturated carbocycles. The quantitative estimate of drug-likeness (QED) is 0.559. The van der Waals surface area contributed by atoms with Crippen LogP contribution in [0.4, 0.5) is 5.69 Å². The number of hydrogen-bond acceptors (Lipinski definition) is 5. The number of nitrogens with zero attached hydrogens (tertiary/aromatic N) is 3. The first-order chi connectivity index (χ1) is 15.7. The van der Waals surface area contributed by atoms with Crippen LogP contribution in [0.15, 0.2) is 54.9 Å². The van der Waals surface area contributed by atoms with Gasteiger partial charge in [0.2, 0.25) is 0 Å². The van der Waals surface area contributed by atoms with Crippen LogP contribution in [0.3, 0.4) is 0 Å². The number of anilines is 1. The lowest BCUT2D eigenvalue weighted by Crippen LogP contribution is -2.29. The first-order valence-electron chi connectivity index (χ1n) is 11.2. The molecule has 0 bridgehead atoms. The summed E-state index contributed by atoms with van der Waals surface area (Å²) in [5.41, 5.74) is 6.05. The highest BCUT2D eigenvalue weighted by Gasteiger charge is 2.39. The van der Waals surface area contributed by atoms with Gasteiger partial charge in [-0.15, -0.1) is 0 Å². The van der Waals surface area contributed by atoms with E-state index in [-0.39, 0.29) is 24.5 Å². The molecule has 2 atom stereocenters. The number of hydrogen-bond donors (Lipinski definition) is 3. The van der Waals surface area contributed by atoms with Gasteiger partial charge in [-0.05, 0) is 35.3 Å². The Morgan fingerprint density at radius 2 is 2.03 bits per heavy atom. The molecule has 7 nitrogen and oxygen atoms in total. The van der Waals surface area contributed by atoms with Gasteiger partial charge in [0.15, 0.2) is 0 Å². The van der Waals surface area contributed by atoms with Crippen LogP contribution in [0.1, 0.15) is 58.2 Å². The van der Waals surface area contributed by atoms with Crippen LogP contribution < -0.4 is 10.6 Å². The highest BCUT2D eigenvalue weighted by Crippen LogP contribution is 2.50. The van der Waals surface area contributed by atoms with Crippen molar-refractivity contribution in [1.82, 2.24) is 20.1 Å². The third-order valence-corrected chi connectivity index (χ3v) is 6.27. The third kappa shape index (κ3) is 3.48. The summed E-state index contributed by atoms with van der Waals surface area (Å²) in [5.74, 6) is 0.533. The van der Waals surface area contributed by atoms with Gasteiger partial charge in [-0.3, -0.25) is 4.79 Å². The normalized spacial score (nSPS) is 19.4. The second-order valence-corrected chi connectivity index (χ2v) is 8.25. The fourth-order valence-corrected chi connectivity index (χ4v) is 4.86. The molecule has 2 unspecified atom stereocenters. The Morgan fingerprint density at radius 3 is 2.81 bits per heavy atom. The van der Waals surface area contributed by atoms with Gasteiger partial charge in [-0.25, -0.2) is 9.67 Å². The van der Waals surface area contributed by atoms with Crippen LogP contribution in [0.5, 0.6) is 0 Å². The standard InChI is InChI=1S/C25H27N5O2/c1-2-4-16-7-9-17(10-8-16)23-22(24-27-15-28-30(24)13-14-31)18-11-12-26-25(32)19-5-3-6-20(29-23)21(18)19/h3,5-11,15,22-23,29,31H,2,4,12-14H2,1H3,(H,26,32). The minimum atomic E-state index is -0.164. The molecule has 32 heavy (non-hydrogen) atoms. The van der Waals surface area contributed by atoms with Crippen molar-refractivity contribution in [3.8, 4) is 0 Å². The minimum Gasteiger partial charge on any atom is -0.394 e. The van der Waals surface area contributed by atoms with E-state index in [0.29, 0.717) is 18.7 Å². The molecule has 2 aliphatic rings. The zero-order chi connectivity index (χ0) is 22.1. The zero-order valence-corrected chi connectivity index (χ0v) is 18.1. The number of aliphatic hydroxyl groups is 1. The van der Waals surface area contributed by atoms with Gasteiger partial charge in [0.05, 0.1) is 25.1 Å². The molecule has 3 aromatic rings. The Hall–Kier alpha value is -3.45. The summed E-state index contributed by atoms with van der Waals surface area (Å²) < 4.78 is 1.76. The van der Waals surface area contributed by atoms with Crippen LogP contribution in [0.2, 0.25) is 0 Å². The van der Waals surface area contributed by atoms with Crippen molar-refractivity contribution in [1.29, 1.82) is 0 Å². The van der Waals surface area contributed by atoms with Crippen LogP contribution >= 0.6 is 0 Å². The summed E-state index contributed by atoms with van der Waals surface area (Å²) >= 11 is 0. The number of aliphatic hydroxyl groups excluding tert-OH is 1. The number of carbonyl (C=O) groups excluding carboxylic acids is 1. The van der Waals surface area contributed by atoms with E-state index < -0.39 is 0 Å². The molecule has 3 heterocycles. The van der Waals surface area contributed by atoms with Gasteiger partial charge in [0.1, 0.15) is 12.2 Å². The lowest BCUT2D eigenvalue weighted by atomic mass is 9.77. The Labute approximate surface area is 187 Å². The molecule has 2 aromatic carbocycles. The lowest BCUT2D eigenvalue weighted by molar-refractivity contribution is 0.0958. The summed E-state index contributed by atoms with van der Waals surface area (Å²) in [7, 11) is 0. The maximum atomic E-state index is 12.7. The maximum Gasteiger partial charge on any atom is 0.252 e. The number of aryl methyl sites for hydroxylation is 1. The molecule has 0 fully saturated rings. The van der Waals surface area contributed by atoms with Crippen LogP contribution in [0, 0.1) is 0 Å². The number of benzene rings is 2. The van der Waals surface area contributed by atoms with E-state index in [9.17, 15) is 9.90 Å². The van der Waals surface area contributed by atoms with E-state index in [2.05, 4.69) is 58.0 Å². The SMILES string of the molecule is CCCc1ccc(C2Nc3cccc4c3C(=CCNC4=O)C2c2ncnn2CCO)cc1. The van der Waals surface area contributed by atoms with Gasteiger partial charge in [0.25, 0.3) is 5.91 Å². The molecule has 7 heteroatoms. The smallest absolute Gasteiger partial charge is 0.252 e. The van der Waals surface area contributed by atoms with Crippen molar-refractivity contribution >= 4 is 17.2 Å². The first-order valence-corrected chi connectivity index (χ1v) is 11.2. The van der Waals surface area contributed by atoms with E-state index in [0.717, 1.165) is 41.1 Å². The number of rotatable bonds is 6. The summed E-state index contributed by atoms with van der Waals surface area (Å²) in [6.45, 7) is 2.98.